The predicted molar refractivity (Wildman–Crippen MR) is 69.4 cm³/mol. The Hall–Kier alpha value is -1.30. The van der Waals surface area contributed by atoms with Gasteiger partial charge in [-0.3, -0.25) is 0 Å². The molecule has 1 aliphatic carbocycles. The van der Waals surface area contributed by atoms with Gasteiger partial charge in [0.15, 0.2) is 0 Å². The fraction of sp³-hybridized carbons (Fsp3) is 0.643. The first-order chi connectivity index (χ1) is 9.49. The molecule has 0 aliphatic heterocycles. The number of methoxy groups -OCH3 is 1. The normalized spacial score (nSPS) is 23.6. The lowest BCUT2D eigenvalue weighted by molar-refractivity contribution is -0.182. The Labute approximate surface area is 116 Å². The van der Waals surface area contributed by atoms with E-state index in [0.29, 0.717) is 25.3 Å². The first kappa shape index (κ1) is 15.1. The van der Waals surface area contributed by atoms with Crippen molar-refractivity contribution in [2.75, 3.05) is 7.11 Å². The number of hydrogen-bond donors (Lipinski definition) is 1. The Morgan fingerprint density at radius 2 is 2.00 bits per heavy atom. The van der Waals surface area contributed by atoms with E-state index in [1.54, 1.807) is 13.3 Å². The summed E-state index contributed by atoms with van der Waals surface area (Å²) in [5.74, 6) is -0.577. The summed E-state index contributed by atoms with van der Waals surface area (Å²) in [6, 6.07) is 3.86. The van der Waals surface area contributed by atoms with E-state index in [-0.39, 0.29) is 18.9 Å². The second-order valence-electron chi connectivity index (χ2n) is 5.18. The molecular formula is C14H19F3N2O. The van der Waals surface area contributed by atoms with E-state index < -0.39 is 12.1 Å². The topological polar surface area (TPSA) is 34.1 Å². The summed E-state index contributed by atoms with van der Waals surface area (Å²) >= 11 is 0. The number of rotatable bonds is 4. The third-order valence-electron chi connectivity index (χ3n) is 3.79. The van der Waals surface area contributed by atoms with E-state index in [0.717, 1.165) is 5.56 Å². The standard InChI is InChI=1S/C14H19F3N2O/c1-20-13-8-10(6-7-18-13)9-19-12-4-2-11(3-5-12)14(15,16)17/h6-8,11-12,19H,2-5,9H2,1H3. The van der Waals surface area contributed by atoms with Crippen molar-refractivity contribution in [3.8, 4) is 5.88 Å². The zero-order chi connectivity index (χ0) is 14.6. The molecule has 0 atom stereocenters. The van der Waals surface area contributed by atoms with Gasteiger partial charge in [0.05, 0.1) is 13.0 Å². The van der Waals surface area contributed by atoms with Crippen LogP contribution in [0.3, 0.4) is 0 Å². The molecule has 0 spiro atoms. The van der Waals surface area contributed by atoms with Gasteiger partial charge in [-0.05, 0) is 37.3 Å². The molecule has 2 rings (SSSR count). The summed E-state index contributed by atoms with van der Waals surface area (Å²) < 4.78 is 42.7. The van der Waals surface area contributed by atoms with Crippen molar-refractivity contribution >= 4 is 0 Å². The summed E-state index contributed by atoms with van der Waals surface area (Å²) in [6.07, 6.45) is -0.777. The van der Waals surface area contributed by atoms with Gasteiger partial charge in [-0.1, -0.05) is 0 Å². The van der Waals surface area contributed by atoms with Gasteiger partial charge < -0.3 is 10.1 Å². The van der Waals surface area contributed by atoms with E-state index in [2.05, 4.69) is 10.3 Å². The summed E-state index contributed by atoms with van der Waals surface area (Å²) in [7, 11) is 1.55. The van der Waals surface area contributed by atoms with Crippen LogP contribution in [0.15, 0.2) is 18.3 Å². The van der Waals surface area contributed by atoms with Crippen molar-refractivity contribution in [2.45, 2.75) is 44.4 Å². The van der Waals surface area contributed by atoms with Crippen molar-refractivity contribution in [3.05, 3.63) is 23.9 Å². The van der Waals surface area contributed by atoms with E-state index >= 15 is 0 Å². The molecule has 0 saturated heterocycles. The number of aromatic nitrogens is 1. The number of pyridine rings is 1. The fourth-order valence-corrected chi connectivity index (χ4v) is 2.56. The number of hydrogen-bond acceptors (Lipinski definition) is 3. The van der Waals surface area contributed by atoms with Crippen LogP contribution in [0, 0.1) is 5.92 Å². The van der Waals surface area contributed by atoms with Crippen molar-refractivity contribution in [2.24, 2.45) is 5.92 Å². The zero-order valence-corrected chi connectivity index (χ0v) is 11.4. The number of alkyl halides is 3. The van der Waals surface area contributed by atoms with E-state index in [4.69, 9.17) is 4.74 Å². The molecule has 0 bridgehead atoms. The summed E-state index contributed by atoms with van der Waals surface area (Å²) in [6.45, 7) is 0.625. The van der Waals surface area contributed by atoms with Crippen LogP contribution in [0.2, 0.25) is 0 Å². The fourth-order valence-electron chi connectivity index (χ4n) is 2.56. The first-order valence-electron chi connectivity index (χ1n) is 6.78. The van der Waals surface area contributed by atoms with Crippen molar-refractivity contribution in [1.29, 1.82) is 0 Å². The van der Waals surface area contributed by atoms with Crippen LogP contribution < -0.4 is 10.1 Å². The number of halogens is 3. The third kappa shape index (κ3) is 4.10. The zero-order valence-electron chi connectivity index (χ0n) is 11.4. The molecule has 3 nitrogen and oxygen atoms in total. The van der Waals surface area contributed by atoms with Gasteiger partial charge in [0.2, 0.25) is 5.88 Å². The number of nitrogens with zero attached hydrogens (tertiary/aromatic N) is 1. The summed E-state index contributed by atoms with van der Waals surface area (Å²) in [5.41, 5.74) is 1.02. The van der Waals surface area contributed by atoms with Crippen LogP contribution in [0.4, 0.5) is 13.2 Å². The molecule has 1 aliphatic rings. The smallest absolute Gasteiger partial charge is 0.391 e. The molecule has 6 heteroatoms. The molecule has 1 saturated carbocycles. The Morgan fingerprint density at radius 1 is 1.30 bits per heavy atom. The lowest BCUT2D eigenvalue weighted by Gasteiger charge is -2.30. The van der Waals surface area contributed by atoms with Gasteiger partial charge in [0.25, 0.3) is 0 Å². The average molecular weight is 288 g/mol. The van der Waals surface area contributed by atoms with Gasteiger partial charge >= 0.3 is 6.18 Å². The van der Waals surface area contributed by atoms with Crippen LogP contribution in [0.5, 0.6) is 5.88 Å². The molecule has 1 N–H and O–H groups in total. The molecule has 1 fully saturated rings. The molecule has 112 valence electrons. The van der Waals surface area contributed by atoms with Crippen LogP contribution in [0.25, 0.3) is 0 Å². The highest BCUT2D eigenvalue weighted by Gasteiger charge is 2.41. The Morgan fingerprint density at radius 3 is 2.60 bits per heavy atom. The quantitative estimate of drug-likeness (QED) is 0.923. The lowest BCUT2D eigenvalue weighted by atomic mass is 9.85. The van der Waals surface area contributed by atoms with Gasteiger partial charge in [0.1, 0.15) is 0 Å². The second-order valence-corrected chi connectivity index (χ2v) is 5.18. The highest BCUT2D eigenvalue weighted by atomic mass is 19.4. The number of ether oxygens (including phenoxy) is 1. The van der Waals surface area contributed by atoms with Crippen molar-refractivity contribution < 1.29 is 17.9 Å². The Balaban J connectivity index is 1.78. The van der Waals surface area contributed by atoms with E-state index in [1.165, 1.54) is 0 Å². The Bertz CT molecular complexity index is 429. The largest absolute Gasteiger partial charge is 0.481 e. The third-order valence-corrected chi connectivity index (χ3v) is 3.79. The van der Waals surface area contributed by atoms with Crippen molar-refractivity contribution in [1.82, 2.24) is 10.3 Å². The molecule has 0 unspecified atom stereocenters. The predicted octanol–water partition coefficient (Wildman–Crippen LogP) is 3.30. The number of nitrogens with one attached hydrogen (secondary N) is 1. The van der Waals surface area contributed by atoms with Crippen LogP contribution in [-0.4, -0.2) is 24.3 Å². The molecule has 1 aromatic rings. The molecule has 0 amide bonds. The SMILES string of the molecule is COc1cc(CNC2CCC(C(F)(F)F)CC2)ccn1. The van der Waals surface area contributed by atoms with Gasteiger partial charge in [-0.2, -0.15) is 13.2 Å². The minimum Gasteiger partial charge on any atom is -0.481 e. The summed E-state index contributed by atoms with van der Waals surface area (Å²) in [4.78, 5) is 4.01. The second kappa shape index (κ2) is 6.43. The maximum atomic E-state index is 12.6. The summed E-state index contributed by atoms with van der Waals surface area (Å²) in [5, 5.41) is 3.31. The van der Waals surface area contributed by atoms with E-state index in [9.17, 15) is 13.2 Å². The van der Waals surface area contributed by atoms with Gasteiger partial charge in [-0.25, -0.2) is 4.98 Å². The molecule has 1 heterocycles. The monoisotopic (exact) mass is 288 g/mol. The first-order valence-corrected chi connectivity index (χ1v) is 6.78. The van der Waals surface area contributed by atoms with Crippen LogP contribution in [-0.2, 0) is 6.54 Å². The minimum atomic E-state index is -4.04. The van der Waals surface area contributed by atoms with Gasteiger partial charge in [0, 0.05) is 24.8 Å². The Kier molecular flexibility index (Phi) is 4.86. The molecular weight excluding hydrogens is 269 g/mol. The van der Waals surface area contributed by atoms with Crippen LogP contribution >= 0.6 is 0 Å². The minimum absolute atomic E-state index is 0.160. The average Bonchev–Trinajstić information content (AvgIpc) is 2.45. The molecule has 20 heavy (non-hydrogen) atoms. The van der Waals surface area contributed by atoms with Gasteiger partial charge in [-0.15, -0.1) is 0 Å². The van der Waals surface area contributed by atoms with Crippen LogP contribution in [0.1, 0.15) is 31.2 Å². The lowest BCUT2D eigenvalue weighted by Crippen LogP contribution is -2.36. The highest BCUT2D eigenvalue weighted by Crippen LogP contribution is 2.37. The molecule has 0 radical (unpaired) electrons. The van der Waals surface area contributed by atoms with E-state index in [1.807, 2.05) is 12.1 Å². The maximum Gasteiger partial charge on any atom is 0.391 e. The molecule has 1 aromatic heterocycles. The van der Waals surface area contributed by atoms with Crippen molar-refractivity contribution in [3.63, 3.8) is 0 Å². The highest BCUT2D eigenvalue weighted by molar-refractivity contribution is 5.20. The molecule has 0 aromatic carbocycles. The maximum absolute atomic E-state index is 12.6.